The molecule has 19 heavy (non-hydrogen) atoms. The number of carbonyl (C=O) groups is 1. The van der Waals surface area contributed by atoms with Gasteiger partial charge in [0.05, 0.1) is 6.10 Å². The fraction of sp³-hybridized carbons (Fsp3) is 0.800. The molecule has 1 N–H and O–H groups in total. The Hall–Kier alpha value is -0.320. The first-order valence-corrected chi connectivity index (χ1v) is 8.21. The molecule has 0 aromatic carbocycles. The van der Waals surface area contributed by atoms with Crippen molar-refractivity contribution in [2.24, 2.45) is 5.41 Å². The molecule has 3 unspecified atom stereocenters. The summed E-state index contributed by atoms with van der Waals surface area (Å²) in [4.78, 5) is 12.9. The summed E-state index contributed by atoms with van der Waals surface area (Å²) in [5, 5.41) is 3.57. The standard InChI is InChI=1S/C15H23NO2S/c1-15(2)8-10(17)7-11(9-15)19-14-16-12-5-3-4-6-13(12)18-14/h7,12-14,16H,3-6,8-9H2,1-2H3. The third-order valence-corrected chi connectivity index (χ3v) is 5.26. The zero-order valence-corrected chi connectivity index (χ0v) is 12.6. The molecule has 0 amide bonds. The lowest BCUT2D eigenvalue weighted by molar-refractivity contribution is -0.116. The summed E-state index contributed by atoms with van der Waals surface area (Å²) in [5.74, 6) is 0.258. The Balaban J connectivity index is 1.61. The average Bonchev–Trinajstić information content (AvgIpc) is 2.67. The van der Waals surface area contributed by atoms with Gasteiger partial charge in [-0.2, -0.15) is 0 Å². The highest BCUT2D eigenvalue weighted by Gasteiger charge is 2.37. The number of rotatable bonds is 2. The zero-order valence-electron chi connectivity index (χ0n) is 11.8. The van der Waals surface area contributed by atoms with Crippen LogP contribution in [0.2, 0.25) is 0 Å². The minimum absolute atomic E-state index is 0.0426. The average molecular weight is 281 g/mol. The van der Waals surface area contributed by atoms with E-state index in [4.69, 9.17) is 4.74 Å². The molecule has 2 aliphatic carbocycles. The van der Waals surface area contributed by atoms with E-state index >= 15 is 0 Å². The molecule has 1 saturated heterocycles. The Labute approximate surface area is 119 Å². The molecule has 1 saturated carbocycles. The van der Waals surface area contributed by atoms with E-state index in [1.54, 1.807) is 11.8 Å². The summed E-state index contributed by atoms with van der Waals surface area (Å²) in [7, 11) is 0. The van der Waals surface area contributed by atoms with Crippen LogP contribution < -0.4 is 5.32 Å². The number of ether oxygens (including phenoxy) is 1. The van der Waals surface area contributed by atoms with Crippen molar-refractivity contribution in [2.75, 3.05) is 0 Å². The minimum Gasteiger partial charge on any atom is -0.349 e. The number of nitrogens with one attached hydrogen (secondary N) is 1. The molecule has 3 atom stereocenters. The van der Waals surface area contributed by atoms with Gasteiger partial charge in [-0.1, -0.05) is 38.5 Å². The lowest BCUT2D eigenvalue weighted by Gasteiger charge is -2.29. The van der Waals surface area contributed by atoms with Crippen molar-refractivity contribution in [1.29, 1.82) is 0 Å². The second-order valence-electron chi connectivity index (χ2n) is 6.78. The summed E-state index contributed by atoms with van der Waals surface area (Å²) >= 11 is 1.71. The van der Waals surface area contributed by atoms with Crippen LogP contribution in [0.25, 0.3) is 0 Å². The van der Waals surface area contributed by atoms with Gasteiger partial charge in [-0.25, -0.2) is 0 Å². The third-order valence-electron chi connectivity index (χ3n) is 4.24. The van der Waals surface area contributed by atoms with E-state index in [-0.39, 0.29) is 16.8 Å². The molecule has 0 aromatic heterocycles. The van der Waals surface area contributed by atoms with Gasteiger partial charge in [-0.15, -0.1) is 0 Å². The molecule has 1 aliphatic heterocycles. The first-order chi connectivity index (χ1) is 9.02. The fourth-order valence-corrected chi connectivity index (χ4v) is 4.78. The van der Waals surface area contributed by atoms with Crippen molar-refractivity contribution < 1.29 is 9.53 Å². The molecule has 0 radical (unpaired) electrons. The van der Waals surface area contributed by atoms with Crippen molar-refractivity contribution in [3.05, 3.63) is 11.0 Å². The van der Waals surface area contributed by atoms with Crippen molar-refractivity contribution in [3.63, 3.8) is 0 Å². The highest BCUT2D eigenvalue weighted by atomic mass is 32.2. The van der Waals surface area contributed by atoms with Crippen LogP contribution in [0.15, 0.2) is 11.0 Å². The maximum atomic E-state index is 11.8. The van der Waals surface area contributed by atoms with Crippen molar-refractivity contribution in [1.82, 2.24) is 5.32 Å². The van der Waals surface area contributed by atoms with E-state index in [0.717, 1.165) is 6.42 Å². The zero-order chi connectivity index (χ0) is 13.5. The van der Waals surface area contributed by atoms with E-state index < -0.39 is 0 Å². The number of carbonyl (C=O) groups excluding carboxylic acids is 1. The number of hydrogen-bond acceptors (Lipinski definition) is 4. The lowest BCUT2D eigenvalue weighted by atomic mass is 9.80. The topological polar surface area (TPSA) is 38.3 Å². The fourth-order valence-electron chi connectivity index (χ4n) is 3.39. The van der Waals surface area contributed by atoms with Gasteiger partial charge in [0.1, 0.15) is 0 Å². The molecule has 0 spiro atoms. The maximum Gasteiger partial charge on any atom is 0.161 e. The molecular formula is C15H23NO2S. The maximum absolute atomic E-state index is 11.8. The molecule has 0 bridgehead atoms. The van der Waals surface area contributed by atoms with Gasteiger partial charge in [0, 0.05) is 12.5 Å². The predicted octanol–water partition coefficient (Wildman–Crippen LogP) is 3.21. The number of fused-ring (bicyclic) bond motifs is 1. The molecule has 3 aliphatic rings. The molecule has 0 aromatic rings. The quantitative estimate of drug-likeness (QED) is 0.843. The number of hydrogen-bond donors (Lipinski definition) is 1. The van der Waals surface area contributed by atoms with E-state index in [9.17, 15) is 4.79 Å². The normalized spacial score (nSPS) is 37.9. The van der Waals surface area contributed by atoms with Gasteiger partial charge < -0.3 is 4.74 Å². The lowest BCUT2D eigenvalue weighted by Crippen LogP contribution is -2.34. The summed E-state index contributed by atoms with van der Waals surface area (Å²) in [5.41, 5.74) is 0.139. The van der Waals surface area contributed by atoms with Crippen molar-refractivity contribution in [3.8, 4) is 0 Å². The summed E-state index contributed by atoms with van der Waals surface area (Å²) in [6, 6.07) is 0.527. The van der Waals surface area contributed by atoms with Crippen LogP contribution in [0.5, 0.6) is 0 Å². The van der Waals surface area contributed by atoms with Crippen LogP contribution in [0.1, 0.15) is 52.4 Å². The Morgan fingerprint density at radius 1 is 1.32 bits per heavy atom. The van der Waals surface area contributed by atoms with E-state index in [1.807, 2.05) is 6.08 Å². The van der Waals surface area contributed by atoms with E-state index in [0.29, 0.717) is 18.6 Å². The van der Waals surface area contributed by atoms with Crippen LogP contribution in [0, 0.1) is 5.41 Å². The Morgan fingerprint density at radius 2 is 2.11 bits per heavy atom. The first-order valence-electron chi connectivity index (χ1n) is 7.33. The van der Waals surface area contributed by atoms with E-state index in [2.05, 4.69) is 19.2 Å². The number of thioether (sulfide) groups is 1. The summed E-state index contributed by atoms with van der Waals surface area (Å²) in [6.45, 7) is 4.34. The summed E-state index contributed by atoms with van der Waals surface area (Å²) < 4.78 is 6.07. The van der Waals surface area contributed by atoms with Crippen LogP contribution in [0.4, 0.5) is 0 Å². The first kappa shape index (κ1) is 13.7. The SMILES string of the molecule is CC1(C)CC(=O)C=C(SC2NC3CCCCC3O2)C1. The van der Waals surface area contributed by atoms with Crippen molar-refractivity contribution >= 4 is 17.5 Å². The molecule has 3 rings (SSSR count). The predicted molar refractivity (Wildman–Crippen MR) is 77.7 cm³/mol. The van der Waals surface area contributed by atoms with Gasteiger partial charge in [0.2, 0.25) is 0 Å². The highest BCUT2D eigenvalue weighted by molar-refractivity contribution is 8.03. The smallest absolute Gasteiger partial charge is 0.161 e. The van der Waals surface area contributed by atoms with Gasteiger partial charge in [0.25, 0.3) is 0 Å². The highest BCUT2D eigenvalue weighted by Crippen LogP contribution is 2.41. The van der Waals surface area contributed by atoms with Gasteiger partial charge in [0.15, 0.2) is 11.3 Å². The third kappa shape index (κ3) is 3.23. The summed E-state index contributed by atoms with van der Waals surface area (Å²) in [6.07, 6.45) is 8.87. The largest absolute Gasteiger partial charge is 0.349 e. The van der Waals surface area contributed by atoms with Crippen LogP contribution in [-0.4, -0.2) is 23.5 Å². The van der Waals surface area contributed by atoms with E-state index in [1.165, 1.54) is 30.6 Å². The van der Waals surface area contributed by atoms with Crippen molar-refractivity contribution in [2.45, 2.75) is 70.1 Å². The minimum atomic E-state index is 0.0426. The Bertz CT molecular complexity index is 391. The molecule has 106 valence electrons. The molecule has 2 fully saturated rings. The monoisotopic (exact) mass is 281 g/mol. The second-order valence-corrected chi connectivity index (χ2v) is 7.96. The van der Waals surface area contributed by atoms with Crippen LogP contribution in [0.3, 0.4) is 0 Å². The van der Waals surface area contributed by atoms with Gasteiger partial charge in [-0.3, -0.25) is 10.1 Å². The molecule has 3 nitrogen and oxygen atoms in total. The Morgan fingerprint density at radius 3 is 2.84 bits per heavy atom. The molecular weight excluding hydrogens is 258 g/mol. The van der Waals surface area contributed by atoms with Gasteiger partial charge >= 0.3 is 0 Å². The molecule has 4 heteroatoms. The second kappa shape index (κ2) is 5.23. The molecule has 1 heterocycles. The number of allylic oxidation sites excluding steroid dienone is 2. The van der Waals surface area contributed by atoms with Crippen LogP contribution >= 0.6 is 11.8 Å². The number of ketones is 1. The van der Waals surface area contributed by atoms with Crippen LogP contribution in [-0.2, 0) is 9.53 Å². The Kier molecular flexibility index (Phi) is 3.76. The van der Waals surface area contributed by atoms with Gasteiger partial charge in [-0.05, 0) is 35.7 Å².